The minimum atomic E-state index is 0.00726. The lowest BCUT2D eigenvalue weighted by molar-refractivity contribution is -0.120. The number of nitrogens with zero attached hydrogens (tertiary/aromatic N) is 1. The third kappa shape index (κ3) is 4.60. The van der Waals surface area contributed by atoms with Crippen molar-refractivity contribution < 1.29 is 9.32 Å². The van der Waals surface area contributed by atoms with Crippen LogP contribution in [-0.2, 0) is 11.3 Å². The molecule has 0 fully saturated rings. The van der Waals surface area contributed by atoms with Crippen LogP contribution in [0.15, 0.2) is 16.9 Å². The number of carbonyl (C=O) groups is 1. The molecule has 0 aliphatic heterocycles. The first-order chi connectivity index (χ1) is 7.22. The fourth-order valence-electron chi connectivity index (χ4n) is 1.06. The van der Waals surface area contributed by atoms with Gasteiger partial charge in [-0.2, -0.15) is 0 Å². The number of carbonyl (C=O) groups excluding carboxylic acids is 1. The molecule has 5 nitrogen and oxygen atoms in total. The Hall–Kier alpha value is -1.36. The molecule has 0 aliphatic carbocycles. The smallest absolute Gasteiger partial charge is 0.234 e. The van der Waals surface area contributed by atoms with Crippen LogP contribution in [0.25, 0.3) is 0 Å². The molecule has 5 heteroatoms. The Morgan fingerprint density at radius 1 is 1.67 bits per heavy atom. The minimum Gasteiger partial charge on any atom is -0.364 e. The topological polar surface area (TPSA) is 67.2 Å². The summed E-state index contributed by atoms with van der Waals surface area (Å²) in [5, 5.41) is 9.57. The first-order valence-corrected chi connectivity index (χ1v) is 5.11. The van der Waals surface area contributed by atoms with Gasteiger partial charge in [0.25, 0.3) is 0 Å². The number of nitrogens with one attached hydrogen (secondary N) is 2. The van der Waals surface area contributed by atoms with E-state index in [0.717, 1.165) is 12.1 Å². The molecule has 0 saturated carbocycles. The van der Waals surface area contributed by atoms with Gasteiger partial charge >= 0.3 is 0 Å². The zero-order chi connectivity index (χ0) is 11.1. The van der Waals surface area contributed by atoms with Crippen LogP contribution in [0, 0.1) is 0 Å². The van der Waals surface area contributed by atoms with E-state index in [1.165, 1.54) is 6.26 Å². The lowest BCUT2D eigenvalue weighted by Crippen LogP contribution is -2.38. The highest BCUT2D eigenvalue weighted by molar-refractivity contribution is 5.78. The maximum atomic E-state index is 11.3. The zero-order valence-electron chi connectivity index (χ0n) is 9.12. The van der Waals surface area contributed by atoms with Crippen molar-refractivity contribution in [1.29, 1.82) is 0 Å². The normalized spacial score (nSPS) is 12.4. The van der Waals surface area contributed by atoms with E-state index in [2.05, 4.69) is 20.3 Å². The average Bonchev–Trinajstić information content (AvgIpc) is 2.70. The summed E-state index contributed by atoms with van der Waals surface area (Å²) in [6, 6.07) is 1.99. The van der Waals surface area contributed by atoms with Gasteiger partial charge in [-0.15, -0.1) is 0 Å². The minimum absolute atomic E-state index is 0.00726. The van der Waals surface area contributed by atoms with Crippen molar-refractivity contribution in [2.75, 3.05) is 6.54 Å². The monoisotopic (exact) mass is 211 g/mol. The number of hydrogen-bond acceptors (Lipinski definition) is 4. The maximum Gasteiger partial charge on any atom is 0.234 e. The van der Waals surface area contributed by atoms with Gasteiger partial charge in [0.2, 0.25) is 5.91 Å². The number of aromatic nitrogens is 1. The number of amides is 1. The lowest BCUT2D eigenvalue weighted by Gasteiger charge is -2.11. The second-order valence-corrected chi connectivity index (χ2v) is 3.47. The van der Waals surface area contributed by atoms with Crippen molar-refractivity contribution in [2.24, 2.45) is 0 Å². The van der Waals surface area contributed by atoms with Gasteiger partial charge in [-0.05, 0) is 13.3 Å². The van der Waals surface area contributed by atoms with Gasteiger partial charge in [0.1, 0.15) is 6.26 Å². The predicted octanol–water partition coefficient (Wildman–Crippen LogP) is 0.679. The van der Waals surface area contributed by atoms with Crippen LogP contribution in [-0.4, -0.2) is 23.7 Å². The quantitative estimate of drug-likeness (QED) is 0.726. The largest absolute Gasteiger partial charge is 0.364 e. The Morgan fingerprint density at radius 3 is 3.07 bits per heavy atom. The van der Waals surface area contributed by atoms with Gasteiger partial charge in [-0.3, -0.25) is 4.79 Å². The molecule has 1 aromatic heterocycles. The van der Waals surface area contributed by atoms with E-state index in [0.29, 0.717) is 13.1 Å². The van der Waals surface area contributed by atoms with Crippen LogP contribution < -0.4 is 10.6 Å². The molecule has 1 amide bonds. The fourth-order valence-corrected chi connectivity index (χ4v) is 1.06. The average molecular weight is 211 g/mol. The highest BCUT2D eigenvalue weighted by atomic mass is 16.5. The van der Waals surface area contributed by atoms with E-state index in [1.54, 1.807) is 6.07 Å². The number of hydrogen-bond donors (Lipinski definition) is 2. The molecule has 0 aromatic carbocycles. The van der Waals surface area contributed by atoms with Crippen LogP contribution in [0.5, 0.6) is 0 Å². The van der Waals surface area contributed by atoms with E-state index in [9.17, 15) is 4.79 Å². The van der Waals surface area contributed by atoms with E-state index < -0.39 is 0 Å². The Labute approximate surface area is 89.2 Å². The van der Waals surface area contributed by atoms with Gasteiger partial charge in [-0.1, -0.05) is 12.1 Å². The third-order valence-electron chi connectivity index (χ3n) is 2.10. The second kappa shape index (κ2) is 6.19. The summed E-state index contributed by atoms with van der Waals surface area (Å²) in [7, 11) is 0. The van der Waals surface area contributed by atoms with Gasteiger partial charge in [0.15, 0.2) is 0 Å². The SMILES string of the molecule is CCC(C)NC(=O)CNCc1ccon1. The molecule has 0 bridgehead atoms. The summed E-state index contributed by atoms with van der Waals surface area (Å²) in [5.41, 5.74) is 0.798. The van der Waals surface area contributed by atoms with Gasteiger partial charge in [0.05, 0.1) is 12.2 Å². The predicted molar refractivity (Wildman–Crippen MR) is 56.1 cm³/mol. The molecule has 1 aromatic rings. The highest BCUT2D eigenvalue weighted by Crippen LogP contribution is 1.92. The first kappa shape index (κ1) is 11.7. The molecule has 1 unspecified atom stereocenters. The fraction of sp³-hybridized carbons (Fsp3) is 0.600. The third-order valence-corrected chi connectivity index (χ3v) is 2.10. The summed E-state index contributed by atoms with van der Waals surface area (Å²) in [5.74, 6) is 0.00726. The van der Waals surface area contributed by atoms with Crippen molar-refractivity contribution in [2.45, 2.75) is 32.9 Å². The van der Waals surface area contributed by atoms with Crippen LogP contribution in [0.3, 0.4) is 0 Å². The Bertz CT molecular complexity index is 285. The van der Waals surface area contributed by atoms with E-state index in [1.807, 2.05) is 13.8 Å². The molecular weight excluding hydrogens is 194 g/mol. The van der Waals surface area contributed by atoms with E-state index in [-0.39, 0.29) is 11.9 Å². The molecule has 0 saturated heterocycles. The van der Waals surface area contributed by atoms with E-state index in [4.69, 9.17) is 0 Å². The van der Waals surface area contributed by atoms with Crippen molar-refractivity contribution in [3.63, 3.8) is 0 Å². The van der Waals surface area contributed by atoms with Gasteiger partial charge in [0, 0.05) is 18.7 Å². The molecule has 0 radical (unpaired) electrons. The van der Waals surface area contributed by atoms with Crippen molar-refractivity contribution in [1.82, 2.24) is 15.8 Å². The Balaban J connectivity index is 2.12. The van der Waals surface area contributed by atoms with Crippen LogP contribution in [0.4, 0.5) is 0 Å². The van der Waals surface area contributed by atoms with Crippen LogP contribution in [0.1, 0.15) is 26.0 Å². The summed E-state index contributed by atoms with van der Waals surface area (Å²) < 4.78 is 4.66. The summed E-state index contributed by atoms with van der Waals surface area (Å²) >= 11 is 0. The molecule has 1 heterocycles. The van der Waals surface area contributed by atoms with Gasteiger partial charge < -0.3 is 15.2 Å². The van der Waals surface area contributed by atoms with Crippen LogP contribution in [0.2, 0.25) is 0 Å². The van der Waals surface area contributed by atoms with Crippen LogP contribution >= 0.6 is 0 Å². The molecule has 1 rings (SSSR count). The van der Waals surface area contributed by atoms with Gasteiger partial charge in [-0.25, -0.2) is 0 Å². The molecule has 2 N–H and O–H groups in total. The van der Waals surface area contributed by atoms with Crippen molar-refractivity contribution in [3.05, 3.63) is 18.0 Å². The van der Waals surface area contributed by atoms with Crippen molar-refractivity contribution >= 4 is 5.91 Å². The summed E-state index contributed by atoms with van der Waals surface area (Å²) in [6.07, 6.45) is 2.45. The first-order valence-electron chi connectivity index (χ1n) is 5.11. The molecule has 0 spiro atoms. The molecule has 84 valence electrons. The summed E-state index contributed by atoms with van der Waals surface area (Å²) in [4.78, 5) is 11.3. The van der Waals surface area contributed by atoms with Crippen molar-refractivity contribution in [3.8, 4) is 0 Å². The zero-order valence-corrected chi connectivity index (χ0v) is 9.12. The Morgan fingerprint density at radius 2 is 2.47 bits per heavy atom. The lowest BCUT2D eigenvalue weighted by atomic mass is 10.2. The number of rotatable bonds is 6. The highest BCUT2D eigenvalue weighted by Gasteiger charge is 2.04. The molecule has 0 aliphatic rings. The molecule has 1 atom stereocenters. The summed E-state index contributed by atoms with van der Waals surface area (Å²) in [6.45, 7) is 4.87. The maximum absolute atomic E-state index is 11.3. The second-order valence-electron chi connectivity index (χ2n) is 3.47. The molecular formula is C10H17N3O2. The Kier molecular flexibility index (Phi) is 4.83. The molecule has 15 heavy (non-hydrogen) atoms. The van der Waals surface area contributed by atoms with E-state index >= 15 is 0 Å². The standard InChI is InChI=1S/C10H17N3O2/c1-3-8(2)12-10(14)7-11-6-9-4-5-15-13-9/h4-5,8,11H,3,6-7H2,1-2H3,(H,12,14).